The molecule has 0 aliphatic heterocycles. The quantitative estimate of drug-likeness (QED) is 0.413. The first-order valence-corrected chi connectivity index (χ1v) is 10.2. The summed E-state index contributed by atoms with van der Waals surface area (Å²) >= 11 is 0. The molecule has 0 aliphatic rings. The van der Waals surface area contributed by atoms with Crippen LogP contribution in [0.2, 0.25) is 0 Å². The van der Waals surface area contributed by atoms with E-state index in [1.807, 2.05) is 39.0 Å². The van der Waals surface area contributed by atoms with Crippen molar-refractivity contribution in [2.45, 2.75) is 27.2 Å². The lowest BCUT2D eigenvalue weighted by Gasteiger charge is -2.15. The first-order chi connectivity index (χ1) is 15.4. The Hall–Kier alpha value is -4.07. The number of carboxylic acids is 1. The zero-order chi connectivity index (χ0) is 22.8. The van der Waals surface area contributed by atoms with Gasteiger partial charge in [0.15, 0.2) is 5.82 Å². The molecule has 3 heterocycles. The van der Waals surface area contributed by atoms with Crippen LogP contribution in [0, 0.1) is 19.8 Å². The monoisotopic (exact) mass is 431 g/mol. The molecule has 0 saturated heterocycles. The predicted molar refractivity (Wildman–Crippen MR) is 120 cm³/mol. The molecule has 0 spiro atoms. The number of halogens is 1. The van der Waals surface area contributed by atoms with E-state index in [1.54, 1.807) is 35.1 Å². The molecular formula is C24H22FN5O2. The molecule has 0 unspecified atom stereocenters. The number of aryl methyl sites for hydroxylation is 3. The van der Waals surface area contributed by atoms with Crippen molar-refractivity contribution in [1.82, 2.24) is 19.7 Å². The van der Waals surface area contributed by atoms with E-state index in [0.29, 0.717) is 35.0 Å². The number of rotatable bonds is 6. The Kier molecular flexibility index (Phi) is 5.68. The molecule has 0 fully saturated rings. The standard InChI is InChI=1S/C24H22FN5O2/c1-4-18-20(16-8-6-11-26-21(16)25)23(30(29-18)22-15(3)7-5-12-27-22)28-19-10-9-14(2)13-17(19)24(31)32/h5-13,28H,4H2,1-3H3,(H,31,32). The van der Waals surface area contributed by atoms with Gasteiger partial charge in [-0.3, -0.25) is 0 Å². The van der Waals surface area contributed by atoms with Crippen molar-refractivity contribution in [3.05, 3.63) is 83.2 Å². The number of carbonyl (C=O) groups is 1. The maximum absolute atomic E-state index is 14.8. The van der Waals surface area contributed by atoms with E-state index in [4.69, 9.17) is 5.10 Å². The number of nitrogens with zero attached hydrogens (tertiary/aromatic N) is 4. The summed E-state index contributed by atoms with van der Waals surface area (Å²) in [5.41, 5.74) is 3.57. The Morgan fingerprint density at radius 1 is 1.12 bits per heavy atom. The lowest BCUT2D eigenvalue weighted by atomic mass is 10.0. The van der Waals surface area contributed by atoms with Crippen LogP contribution >= 0.6 is 0 Å². The van der Waals surface area contributed by atoms with E-state index in [0.717, 1.165) is 11.1 Å². The van der Waals surface area contributed by atoms with Gasteiger partial charge < -0.3 is 10.4 Å². The van der Waals surface area contributed by atoms with Gasteiger partial charge >= 0.3 is 5.97 Å². The number of aromatic nitrogens is 4. The summed E-state index contributed by atoms with van der Waals surface area (Å²) in [6, 6.07) is 12.1. The molecule has 0 aliphatic carbocycles. The van der Waals surface area contributed by atoms with Crippen LogP contribution in [-0.4, -0.2) is 30.8 Å². The molecule has 0 radical (unpaired) electrons. The molecule has 0 amide bonds. The van der Waals surface area contributed by atoms with E-state index in [1.165, 1.54) is 6.20 Å². The van der Waals surface area contributed by atoms with Crippen LogP contribution in [0.5, 0.6) is 0 Å². The molecule has 0 bridgehead atoms. The highest BCUT2D eigenvalue weighted by Gasteiger charge is 2.25. The second kappa shape index (κ2) is 8.58. The third kappa shape index (κ3) is 3.82. The van der Waals surface area contributed by atoms with Crippen LogP contribution in [0.3, 0.4) is 0 Å². The summed E-state index contributed by atoms with van der Waals surface area (Å²) in [5.74, 6) is -0.725. The number of anilines is 2. The molecule has 3 aromatic heterocycles. The molecule has 1 aromatic carbocycles. The molecular weight excluding hydrogens is 409 g/mol. The average molecular weight is 431 g/mol. The highest BCUT2D eigenvalue weighted by molar-refractivity contribution is 5.96. The van der Waals surface area contributed by atoms with Crippen LogP contribution in [0.25, 0.3) is 16.9 Å². The van der Waals surface area contributed by atoms with Crippen LogP contribution in [-0.2, 0) is 6.42 Å². The lowest BCUT2D eigenvalue weighted by Crippen LogP contribution is -2.09. The molecule has 0 atom stereocenters. The smallest absolute Gasteiger partial charge is 0.337 e. The summed E-state index contributed by atoms with van der Waals surface area (Å²) in [6.07, 6.45) is 3.56. The summed E-state index contributed by atoms with van der Waals surface area (Å²) in [6.45, 7) is 5.65. The minimum atomic E-state index is -1.07. The fourth-order valence-electron chi connectivity index (χ4n) is 3.61. The van der Waals surface area contributed by atoms with Crippen molar-refractivity contribution < 1.29 is 14.3 Å². The van der Waals surface area contributed by atoms with E-state index in [2.05, 4.69) is 15.3 Å². The second-order valence-corrected chi connectivity index (χ2v) is 7.40. The Morgan fingerprint density at radius 2 is 1.88 bits per heavy atom. The molecule has 32 heavy (non-hydrogen) atoms. The summed E-state index contributed by atoms with van der Waals surface area (Å²) in [7, 11) is 0. The number of hydrogen-bond acceptors (Lipinski definition) is 5. The van der Waals surface area contributed by atoms with Gasteiger partial charge in [0.25, 0.3) is 0 Å². The first kappa shape index (κ1) is 21.2. The van der Waals surface area contributed by atoms with Gasteiger partial charge in [0.2, 0.25) is 5.95 Å². The van der Waals surface area contributed by atoms with Crippen molar-refractivity contribution >= 4 is 17.5 Å². The molecule has 4 rings (SSSR count). The maximum atomic E-state index is 14.8. The molecule has 8 heteroatoms. The molecule has 162 valence electrons. The number of nitrogens with one attached hydrogen (secondary N) is 1. The molecule has 7 nitrogen and oxygen atoms in total. The highest BCUT2D eigenvalue weighted by Crippen LogP contribution is 2.37. The van der Waals surface area contributed by atoms with Gasteiger partial charge in [0.1, 0.15) is 5.82 Å². The van der Waals surface area contributed by atoms with Crippen LogP contribution < -0.4 is 5.32 Å². The fourth-order valence-corrected chi connectivity index (χ4v) is 3.61. The van der Waals surface area contributed by atoms with Gasteiger partial charge in [-0.1, -0.05) is 24.6 Å². The van der Waals surface area contributed by atoms with Crippen molar-refractivity contribution in [3.8, 4) is 16.9 Å². The van der Waals surface area contributed by atoms with Crippen LogP contribution in [0.4, 0.5) is 15.9 Å². The Bertz CT molecular complexity index is 1320. The maximum Gasteiger partial charge on any atom is 0.337 e. The average Bonchev–Trinajstić information content (AvgIpc) is 3.13. The summed E-state index contributed by atoms with van der Waals surface area (Å²) in [5, 5.41) is 17.7. The topological polar surface area (TPSA) is 92.9 Å². The largest absolute Gasteiger partial charge is 0.478 e. The Morgan fingerprint density at radius 3 is 2.56 bits per heavy atom. The third-order valence-corrected chi connectivity index (χ3v) is 5.16. The van der Waals surface area contributed by atoms with Gasteiger partial charge in [-0.15, -0.1) is 0 Å². The zero-order valence-electron chi connectivity index (χ0n) is 17.9. The second-order valence-electron chi connectivity index (χ2n) is 7.40. The van der Waals surface area contributed by atoms with Crippen LogP contribution in [0.1, 0.15) is 34.1 Å². The van der Waals surface area contributed by atoms with E-state index in [9.17, 15) is 14.3 Å². The van der Waals surface area contributed by atoms with Crippen molar-refractivity contribution in [3.63, 3.8) is 0 Å². The number of pyridine rings is 2. The minimum Gasteiger partial charge on any atom is -0.478 e. The number of benzene rings is 1. The molecule has 4 aromatic rings. The van der Waals surface area contributed by atoms with Gasteiger partial charge in [-0.2, -0.15) is 14.2 Å². The van der Waals surface area contributed by atoms with Crippen molar-refractivity contribution in [2.75, 3.05) is 5.32 Å². The number of aromatic carboxylic acids is 1. The van der Waals surface area contributed by atoms with Crippen molar-refractivity contribution in [1.29, 1.82) is 0 Å². The molecule has 2 N–H and O–H groups in total. The predicted octanol–water partition coefficient (Wildman–Crippen LogP) is 5.09. The zero-order valence-corrected chi connectivity index (χ0v) is 17.9. The lowest BCUT2D eigenvalue weighted by molar-refractivity contribution is 0.0698. The van der Waals surface area contributed by atoms with E-state index in [-0.39, 0.29) is 11.1 Å². The number of carboxylic acid groups (broad SMARTS) is 1. The van der Waals surface area contributed by atoms with E-state index < -0.39 is 11.9 Å². The van der Waals surface area contributed by atoms with Gasteiger partial charge in [-0.05, 0) is 56.2 Å². The van der Waals surface area contributed by atoms with Gasteiger partial charge in [0, 0.05) is 18.0 Å². The third-order valence-electron chi connectivity index (χ3n) is 5.16. The Labute approximate surface area is 184 Å². The fraction of sp³-hybridized carbons (Fsp3) is 0.167. The van der Waals surface area contributed by atoms with E-state index >= 15 is 0 Å². The number of hydrogen-bond donors (Lipinski definition) is 2. The minimum absolute atomic E-state index is 0.103. The van der Waals surface area contributed by atoms with Gasteiger partial charge in [-0.25, -0.2) is 14.8 Å². The van der Waals surface area contributed by atoms with Gasteiger partial charge in [0.05, 0.1) is 22.5 Å². The SMILES string of the molecule is CCc1nn(-c2ncccc2C)c(Nc2ccc(C)cc2C(=O)O)c1-c1cccnc1F. The summed E-state index contributed by atoms with van der Waals surface area (Å²) < 4.78 is 16.4. The summed E-state index contributed by atoms with van der Waals surface area (Å²) in [4.78, 5) is 20.2. The normalized spacial score (nSPS) is 10.9. The first-order valence-electron chi connectivity index (χ1n) is 10.2. The highest BCUT2D eigenvalue weighted by atomic mass is 19.1. The molecule has 0 saturated carbocycles. The van der Waals surface area contributed by atoms with Crippen molar-refractivity contribution in [2.24, 2.45) is 0 Å². The van der Waals surface area contributed by atoms with Crippen LogP contribution in [0.15, 0.2) is 54.9 Å². The Balaban J connectivity index is 2.02.